The van der Waals surface area contributed by atoms with E-state index in [1.54, 1.807) is 0 Å². The quantitative estimate of drug-likeness (QED) is 0.308. The Labute approximate surface area is 103 Å². The maximum Gasteiger partial charge on any atom is 0.400 e. The Morgan fingerprint density at radius 3 is 2.33 bits per heavy atom. The van der Waals surface area contributed by atoms with Crippen LogP contribution in [0.3, 0.4) is 0 Å². The van der Waals surface area contributed by atoms with Gasteiger partial charge in [-0.05, 0) is 7.05 Å². The van der Waals surface area contributed by atoms with Gasteiger partial charge in [-0.1, -0.05) is 5.16 Å². The van der Waals surface area contributed by atoms with Crippen molar-refractivity contribution in [2.24, 2.45) is 16.8 Å². The molecule has 0 saturated carbocycles. The van der Waals surface area contributed by atoms with Gasteiger partial charge in [0.2, 0.25) is 0 Å². The number of hydrogen-bond donors (Lipinski definition) is 2. The summed E-state index contributed by atoms with van der Waals surface area (Å²) < 4.78 is 59.5. The highest BCUT2D eigenvalue weighted by Crippen LogP contribution is 2.26. The molecule has 0 radical (unpaired) electrons. The molecule has 0 spiro atoms. The number of nitrogens with two attached hydrogens (primary N) is 1. The minimum absolute atomic E-state index is 0.0654. The number of nitrogens with zero attached hydrogens (tertiary/aromatic N) is 2. The number of hydrogen-bond acceptors (Lipinski definition) is 5. The maximum atomic E-state index is 12.6. The van der Waals surface area contributed by atoms with Crippen molar-refractivity contribution >= 4 is 15.7 Å². The third-order valence-electron chi connectivity index (χ3n) is 2.21. The van der Waals surface area contributed by atoms with Gasteiger partial charge in [0.25, 0.3) is 0 Å². The lowest BCUT2D eigenvalue weighted by Gasteiger charge is -2.24. The standard InChI is InChI=1S/C8H16F3N3O3S/c1-14(3-4-18(2,16)17)5-6(7(12)13-15)8(9,10)11/h6,15H,3-5H2,1-2H3,(H2,12,13). The molecular weight excluding hydrogens is 275 g/mol. The minimum Gasteiger partial charge on any atom is -0.409 e. The Hall–Kier alpha value is -1.03. The van der Waals surface area contributed by atoms with Crippen LogP contribution in [0.4, 0.5) is 13.2 Å². The molecule has 1 atom stereocenters. The van der Waals surface area contributed by atoms with Crippen molar-refractivity contribution in [1.82, 2.24) is 4.90 Å². The summed E-state index contributed by atoms with van der Waals surface area (Å²) in [5.74, 6) is -3.34. The number of amidine groups is 1. The van der Waals surface area contributed by atoms with Gasteiger partial charge in [0.1, 0.15) is 15.8 Å². The first-order valence-electron chi connectivity index (χ1n) is 4.87. The minimum atomic E-state index is -4.66. The Morgan fingerprint density at radius 1 is 1.50 bits per heavy atom. The average Bonchev–Trinajstić information content (AvgIpc) is 2.19. The van der Waals surface area contributed by atoms with E-state index in [-0.39, 0.29) is 12.3 Å². The second-order valence-electron chi connectivity index (χ2n) is 4.01. The molecule has 0 aliphatic rings. The topological polar surface area (TPSA) is 96.0 Å². The van der Waals surface area contributed by atoms with Crippen molar-refractivity contribution in [3.05, 3.63) is 0 Å². The van der Waals surface area contributed by atoms with Crippen LogP contribution in [0.5, 0.6) is 0 Å². The van der Waals surface area contributed by atoms with Crippen LogP contribution in [-0.4, -0.2) is 62.7 Å². The molecule has 108 valence electrons. The van der Waals surface area contributed by atoms with Crippen LogP contribution < -0.4 is 5.73 Å². The number of sulfone groups is 1. The van der Waals surface area contributed by atoms with Gasteiger partial charge in [0, 0.05) is 19.3 Å². The molecule has 0 heterocycles. The Morgan fingerprint density at radius 2 is 2.00 bits per heavy atom. The molecule has 0 rings (SSSR count). The third kappa shape index (κ3) is 6.64. The summed E-state index contributed by atoms with van der Waals surface area (Å²) in [6, 6.07) is 0. The van der Waals surface area contributed by atoms with E-state index < -0.39 is 34.3 Å². The first-order valence-corrected chi connectivity index (χ1v) is 6.94. The van der Waals surface area contributed by atoms with Gasteiger partial charge in [-0.2, -0.15) is 13.2 Å². The van der Waals surface area contributed by atoms with Crippen molar-refractivity contribution in [3.63, 3.8) is 0 Å². The van der Waals surface area contributed by atoms with E-state index in [1.807, 2.05) is 0 Å². The first kappa shape index (κ1) is 17.0. The van der Waals surface area contributed by atoms with Crippen LogP contribution >= 0.6 is 0 Å². The van der Waals surface area contributed by atoms with Crippen molar-refractivity contribution in [3.8, 4) is 0 Å². The monoisotopic (exact) mass is 291 g/mol. The van der Waals surface area contributed by atoms with Crippen molar-refractivity contribution in [2.45, 2.75) is 6.18 Å². The van der Waals surface area contributed by atoms with Crippen LogP contribution in [0.1, 0.15) is 0 Å². The lowest BCUT2D eigenvalue weighted by molar-refractivity contribution is -0.159. The van der Waals surface area contributed by atoms with E-state index in [0.29, 0.717) is 0 Å². The highest BCUT2D eigenvalue weighted by Gasteiger charge is 2.43. The molecule has 0 aromatic rings. The molecule has 6 nitrogen and oxygen atoms in total. The summed E-state index contributed by atoms with van der Waals surface area (Å²) in [4.78, 5) is 1.16. The smallest absolute Gasteiger partial charge is 0.400 e. The predicted octanol–water partition coefficient (Wildman–Crippen LogP) is -0.112. The summed E-state index contributed by atoms with van der Waals surface area (Å²) in [7, 11) is -1.92. The zero-order valence-corrected chi connectivity index (χ0v) is 10.8. The summed E-state index contributed by atoms with van der Waals surface area (Å²) in [5, 5.41) is 10.6. The van der Waals surface area contributed by atoms with E-state index in [9.17, 15) is 21.6 Å². The fraction of sp³-hybridized carbons (Fsp3) is 0.875. The summed E-state index contributed by atoms with van der Waals surface area (Å²) in [6.45, 7) is -0.640. The number of rotatable bonds is 6. The van der Waals surface area contributed by atoms with E-state index in [4.69, 9.17) is 10.9 Å². The summed E-state index contributed by atoms with van der Waals surface area (Å²) in [5.41, 5.74) is 4.97. The van der Waals surface area contributed by atoms with Gasteiger partial charge in [0.05, 0.1) is 5.75 Å². The van der Waals surface area contributed by atoms with Gasteiger partial charge in [-0.3, -0.25) is 0 Å². The maximum absolute atomic E-state index is 12.6. The summed E-state index contributed by atoms with van der Waals surface area (Å²) in [6.07, 6.45) is -3.67. The van der Waals surface area contributed by atoms with E-state index in [2.05, 4.69) is 5.16 Å². The molecule has 0 saturated heterocycles. The average molecular weight is 291 g/mol. The van der Waals surface area contributed by atoms with Gasteiger partial charge in [0.15, 0.2) is 5.84 Å². The number of oxime groups is 1. The lowest BCUT2D eigenvalue weighted by atomic mass is 10.1. The van der Waals surface area contributed by atoms with Gasteiger partial charge in [-0.15, -0.1) is 0 Å². The van der Waals surface area contributed by atoms with Crippen LogP contribution in [0, 0.1) is 5.92 Å². The van der Waals surface area contributed by atoms with Crippen LogP contribution in [0.2, 0.25) is 0 Å². The zero-order chi connectivity index (χ0) is 14.6. The highest BCUT2D eigenvalue weighted by molar-refractivity contribution is 7.90. The lowest BCUT2D eigenvalue weighted by Crippen LogP contribution is -2.44. The van der Waals surface area contributed by atoms with E-state index >= 15 is 0 Å². The van der Waals surface area contributed by atoms with E-state index in [1.165, 1.54) is 7.05 Å². The molecule has 10 heteroatoms. The van der Waals surface area contributed by atoms with Crippen LogP contribution in [0.15, 0.2) is 5.16 Å². The van der Waals surface area contributed by atoms with E-state index in [0.717, 1.165) is 11.2 Å². The molecule has 3 N–H and O–H groups in total. The predicted molar refractivity (Wildman–Crippen MR) is 60.2 cm³/mol. The first-order chi connectivity index (χ1) is 7.97. The highest BCUT2D eigenvalue weighted by atomic mass is 32.2. The molecule has 0 fully saturated rings. The van der Waals surface area contributed by atoms with Crippen molar-refractivity contribution in [2.75, 3.05) is 32.1 Å². The van der Waals surface area contributed by atoms with Crippen molar-refractivity contribution < 1.29 is 26.8 Å². The number of alkyl halides is 3. The molecule has 1 unspecified atom stereocenters. The van der Waals surface area contributed by atoms with Gasteiger partial charge < -0.3 is 15.8 Å². The third-order valence-corrected chi connectivity index (χ3v) is 3.13. The molecule has 0 bridgehead atoms. The second kappa shape index (κ2) is 6.23. The normalized spacial score (nSPS) is 16.0. The Kier molecular flexibility index (Phi) is 5.87. The SMILES string of the molecule is CN(CCS(C)(=O)=O)CC(C(N)=NO)C(F)(F)F. The molecule has 0 aromatic heterocycles. The molecule has 0 aromatic carbocycles. The van der Waals surface area contributed by atoms with Gasteiger partial charge in [-0.25, -0.2) is 8.42 Å². The molecule has 0 amide bonds. The molecular formula is C8H16F3N3O3S. The van der Waals surface area contributed by atoms with Crippen molar-refractivity contribution in [1.29, 1.82) is 0 Å². The largest absolute Gasteiger partial charge is 0.409 e. The number of halogens is 3. The molecule has 18 heavy (non-hydrogen) atoms. The zero-order valence-electron chi connectivity index (χ0n) is 9.98. The van der Waals surface area contributed by atoms with Crippen LogP contribution in [0.25, 0.3) is 0 Å². The molecule has 0 aliphatic heterocycles. The van der Waals surface area contributed by atoms with Gasteiger partial charge >= 0.3 is 6.18 Å². The summed E-state index contributed by atoms with van der Waals surface area (Å²) >= 11 is 0. The molecule has 0 aliphatic carbocycles. The van der Waals surface area contributed by atoms with Crippen LogP contribution in [-0.2, 0) is 9.84 Å². The Bertz CT molecular complexity index is 394. The fourth-order valence-electron chi connectivity index (χ4n) is 1.16. The fourth-order valence-corrected chi connectivity index (χ4v) is 1.80. The second-order valence-corrected chi connectivity index (χ2v) is 6.27. The Balaban J connectivity index is 4.61.